The second-order valence-corrected chi connectivity index (χ2v) is 6.85. The van der Waals surface area contributed by atoms with Crippen molar-refractivity contribution in [2.24, 2.45) is 0 Å². The Morgan fingerprint density at radius 1 is 1.04 bits per heavy atom. The maximum Gasteiger partial charge on any atom is 0.256 e. The molecule has 1 heterocycles. The van der Waals surface area contributed by atoms with Crippen molar-refractivity contribution in [2.75, 3.05) is 20.1 Å². The van der Waals surface area contributed by atoms with Crippen molar-refractivity contribution in [1.29, 1.82) is 0 Å². The summed E-state index contributed by atoms with van der Waals surface area (Å²) in [5, 5.41) is 3.24. The van der Waals surface area contributed by atoms with Crippen molar-refractivity contribution in [3.63, 3.8) is 0 Å². The quantitative estimate of drug-likeness (QED) is 0.918. The van der Waals surface area contributed by atoms with Gasteiger partial charge >= 0.3 is 0 Å². The van der Waals surface area contributed by atoms with Crippen molar-refractivity contribution in [3.8, 4) is 11.1 Å². The van der Waals surface area contributed by atoms with Crippen LogP contribution in [0.3, 0.4) is 0 Å². The number of carbonyl (C=O) groups is 1. The highest BCUT2D eigenvalue weighted by molar-refractivity contribution is 5.95. The fourth-order valence-corrected chi connectivity index (χ4v) is 3.33. The van der Waals surface area contributed by atoms with Crippen LogP contribution in [0, 0.1) is 19.7 Å². The Labute approximate surface area is 148 Å². The summed E-state index contributed by atoms with van der Waals surface area (Å²) < 4.78 is 14.6. The molecule has 0 spiro atoms. The second-order valence-electron chi connectivity index (χ2n) is 6.85. The Morgan fingerprint density at radius 2 is 1.68 bits per heavy atom. The lowest BCUT2D eigenvalue weighted by Crippen LogP contribution is -2.44. The molecule has 3 nitrogen and oxygen atoms in total. The van der Waals surface area contributed by atoms with Crippen LogP contribution >= 0.6 is 0 Å². The number of benzene rings is 2. The molecule has 1 aliphatic rings. The summed E-state index contributed by atoms with van der Waals surface area (Å²) in [5.41, 5.74) is 4.31. The Hall–Kier alpha value is -2.20. The highest BCUT2D eigenvalue weighted by Crippen LogP contribution is 2.25. The maximum atomic E-state index is 14.6. The Morgan fingerprint density at radius 3 is 2.28 bits per heavy atom. The number of carbonyl (C=O) groups excluding carboxylic acids is 1. The third kappa shape index (κ3) is 3.74. The van der Waals surface area contributed by atoms with E-state index in [1.807, 2.05) is 38.2 Å². The first-order valence-electron chi connectivity index (χ1n) is 8.83. The zero-order valence-corrected chi connectivity index (χ0v) is 15.1. The molecule has 1 amide bonds. The lowest BCUT2D eigenvalue weighted by molar-refractivity contribution is 0.0702. The number of nitrogens with zero attached hydrogens (tertiary/aromatic N) is 1. The molecular weight excluding hydrogens is 315 g/mol. The average Bonchev–Trinajstić information content (AvgIpc) is 2.63. The molecule has 0 aromatic heterocycles. The number of halogens is 1. The summed E-state index contributed by atoms with van der Waals surface area (Å²) in [7, 11) is 1.94. The summed E-state index contributed by atoms with van der Waals surface area (Å²) in [6, 6.07) is 11.4. The first-order valence-corrected chi connectivity index (χ1v) is 8.83. The summed E-state index contributed by atoms with van der Waals surface area (Å²) in [5.74, 6) is -0.657. The van der Waals surface area contributed by atoms with Crippen LogP contribution < -0.4 is 5.32 Å². The predicted octanol–water partition coefficient (Wildman–Crippen LogP) is 3.93. The van der Waals surface area contributed by atoms with E-state index < -0.39 is 5.82 Å². The molecule has 0 radical (unpaired) electrons. The SMILES string of the molecule is CNC1CCN(C(=O)c2ccc(-c3ccc(C)c(C)c3)cc2F)CC1. The number of hydrogen-bond donors (Lipinski definition) is 1. The second kappa shape index (κ2) is 7.36. The minimum Gasteiger partial charge on any atom is -0.338 e. The van der Waals surface area contributed by atoms with Crippen LogP contribution in [-0.4, -0.2) is 37.0 Å². The molecule has 0 bridgehead atoms. The number of amides is 1. The van der Waals surface area contributed by atoms with Gasteiger partial charge in [0.25, 0.3) is 5.91 Å². The van der Waals surface area contributed by atoms with Crippen LogP contribution in [0.15, 0.2) is 36.4 Å². The van der Waals surface area contributed by atoms with Gasteiger partial charge in [-0.3, -0.25) is 4.79 Å². The van der Waals surface area contributed by atoms with Crippen molar-refractivity contribution in [1.82, 2.24) is 10.2 Å². The average molecular weight is 340 g/mol. The molecule has 4 heteroatoms. The first kappa shape index (κ1) is 17.6. The van der Waals surface area contributed by atoms with E-state index in [0.29, 0.717) is 19.1 Å². The molecular formula is C21H25FN2O. The Kier molecular flexibility index (Phi) is 5.19. The molecule has 0 saturated carbocycles. The van der Waals surface area contributed by atoms with Crippen LogP contribution in [0.2, 0.25) is 0 Å². The number of hydrogen-bond acceptors (Lipinski definition) is 2. The van der Waals surface area contributed by atoms with Gasteiger partial charge in [-0.05, 0) is 68.1 Å². The minimum atomic E-state index is -0.448. The Bertz CT molecular complexity index is 779. The van der Waals surface area contributed by atoms with Crippen LogP contribution in [0.5, 0.6) is 0 Å². The van der Waals surface area contributed by atoms with Crippen LogP contribution in [0.4, 0.5) is 4.39 Å². The van der Waals surface area contributed by atoms with E-state index in [4.69, 9.17) is 0 Å². The van der Waals surface area contributed by atoms with Crippen molar-refractivity contribution >= 4 is 5.91 Å². The molecule has 132 valence electrons. The number of nitrogens with one attached hydrogen (secondary N) is 1. The van der Waals surface area contributed by atoms with Gasteiger partial charge in [0.05, 0.1) is 5.56 Å². The van der Waals surface area contributed by atoms with Gasteiger partial charge in [-0.1, -0.05) is 24.3 Å². The van der Waals surface area contributed by atoms with Crippen LogP contribution in [0.1, 0.15) is 34.3 Å². The van der Waals surface area contributed by atoms with Crippen LogP contribution in [0.25, 0.3) is 11.1 Å². The van der Waals surface area contributed by atoms with E-state index in [9.17, 15) is 9.18 Å². The highest BCUT2D eigenvalue weighted by atomic mass is 19.1. The molecule has 2 aromatic carbocycles. The lowest BCUT2D eigenvalue weighted by Gasteiger charge is -2.32. The fourth-order valence-electron chi connectivity index (χ4n) is 3.33. The van der Waals surface area contributed by atoms with Crippen molar-refractivity contribution in [3.05, 3.63) is 58.9 Å². The van der Waals surface area contributed by atoms with Gasteiger partial charge in [-0.25, -0.2) is 4.39 Å². The van der Waals surface area contributed by atoms with Crippen molar-refractivity contribution in [2.45, 2.75) is 32.7 Å². The van der Waals surface area contributed by atoms with E-state index in [-0.39, 0.29) is 11.5 Å². The first-order chi connectivity index (χ1) is 12.0. The van der Waals surface area contributed by atoms with Gasteiger partial charge in [0, 0.05) is 19.1 Å². The normalized spacial score (nSPS) is 15.4. The van der Waals surface area contributed by atoms with Gasteiger partial charge in [0.2, 0.25) is 0 Å². The molecule has 0 aliphatic carbocycles. The van der Waals surface area contributed by atoms with Gasteiger partial charge in [0.15, 0.2) is 0 Å². The minimum absolute atomic E-state index is 0.162. The standard InChI is InChI=1S/C21H25FN2O/c1-14-4-5-16(12-15(14)2)17-6-7-19(20(22)13-17)21(25)24-10-8-18(23-3)9-11-24/h4-7,12-13,18,23H,8-11H2,1-3H3. The lowest BCUT2D eigenvalue weighted by atomic mass is 9.98. The predicted molar refractivity (Wildman–Crippen MR) is 99.3 cm³/mol. The molecule has 0 unspecified atom stereocenters. The van der Waals surface area contributed by atoms with E-state index in [1.165, 1.54) is 17.2 Å². The summed E-state index contributed by atoms with van der Waals surface area (Å²) >= 11 is 0. The maximum absolute atomic E-state index is 14.6. The zero-order valence-electron chi connectivity index (χ0n) is 15.1. The van der Waals surface area contributed by atoms with Gasteiger partial charge in [-0.15, -0.1) is 0 Å². The smallest absolute Gasteiger partial charge is 0.256 e. The van der Waals surface area contributed by atoms with Gasteiger partial charge in [0.1, 0.15) is 5.82 Å². The third-order valence-corrected chi connectivity index (χ3v) is 5.23. The summed E-state index contributed by atoms with van der Waals surface area (Å²) in [4.78, 5) is 14.4. The summed E-state index contributed by atoms with van der Waals surface area (Å²) in [6.07, 6.45) is 1.81. The molecule has 25 heavy (non-hydrogen) atoms. The van der Waals surface area contributed by atoms with Gasteiger partial charge < -0.3 is 10.2 Å². The van der Waals surface area contributed by atoms with Crippen LogP contribution in [-0.2, 0) is 0 Å². The highest BCUT2D eigenvalue weighted by Gasteiger charge is 2.24. The fraction of sp³-hybridized carbons (Fsp3) is 0.381. The van der Waals surface area contributed by atoms with Gasteiger partial charge in [-0.2, -0.15) is 0 Å². The number of piperidine rings is 1. The monoisotopic (exact) mass is 340 g/mol. The number of aryl methyl sites for hydroxylation is 2. The van der Waals surface area contributed by atoms with Crippen molar-refractivity contribution < 1.29 is 9.18 Å². The van der Waals surface area contributed by atoms with E-state index in [1.54, 1.807) is 11.0 Å². The topological polar surface area (TPSA) is 32.3 Å². The van der Waals surface area contributed by atoms with E-state index in [0.717, 1.165) is 24.0 Å². The number of likely N-dealkylation sites (tertiary alicyclic amines) is 1. The van der Waals surface area contributed by atoms with E-state index >= 15 is 0 Å². The molecule has 2 aromatic rings. The third-order valence-electron chi connectivity index (χ3n) is 5.23. The molecule has 1 N–H and O–H groups in total. The Balaban J connectivity index is 1.80. The molecule has 1 fully saturated rings. The molecule has 1 saturated heterocycles. The number of rotatable bonds is 3. The molecule has 3 rings (SSSR count). The summed E-state index contributed by atoms with van der Waals surface area (Å²) in [6.45, 7) is 5.44. The van der Waals surface area contributed by atoms with E-state index in [2.05, 4.69) is 12.2 Å². The zero-order chi connectivity index (χ0) is 18.0. The molecule has 1 aliphatic heterocycles. The molecule has 0 atom stereocenters. The largest absolute Gasteiger partial charge is 0.338 e.